The van der Waals surface area contributed by atoms with Crippen LogP contribution < -0.4 is 16.6 Å². The number of unbranched alkanes of at least 4 members (excludes halogenated alkanes) is 1. The Morgan fingerprint density at radius 2 is 2.08 bits per heavy atom. The van der Waals surface area contributed by atoms with Crippen molar-refractivity contribution in [3.05, 3.63) is 20.8 Å². The van der Waals surface area contributed by atoms with Gasteiger partial charge in [-0.3, -0.25) is 14.3 Å². The molecule has 0 saturated heterocycles. The number of rotatable bonds is 9. The SMILES string of the molecule is CCCCNc1nc2c(c(=O)[nH]c(=O)n2C)n1C[C@H](O)COC(C)C. The maximum atomic E-state index is 12.3. The molecule has 0 fully saturated rings. The van der Waals surface area contributed by atoms with E-state index < -0.39 is 17.4 Å². The summed E-state index contributed by atoms with van der Waals surface area (Å²) < 4.78 is 8.33. The van der Waals surface area contributed by atoms with Gasteiger partial charge in [-0.15, -0.1) is 0 Å². The number of H-pyrrole nitrogens is 1. The monoisotopic (exact) mass is 353 g/mol. The van der Waals surface area contributed by atoms with Crippen molar-refractivity contribution in [1.82, 2.24) is 19.1 Å². The van der Waals surface area contributed by atoms with Gasteiger partial charge in [0.05, 0.1) is 25.4 Å². The van der Waals surface area contributed by atoms with Crippen LogP contribution in [0.2, 0.25) is 0 Å². The molecule has 0 radical (unpaired) electrons. The zero-order valence-corrected chi connectivity index (χ0v) is 15.2. The number of ether oxygens (including phenoxy) is 1. The molecule has 2 rings (SSSR count). The highest BCUT2D eigenvalue weighted by Crippen LogP contribution is 2.16. The molecule has 0 spiro atoms. The number of aliphatic hydroxyl groups is 1. The van der Waals surface area contributed by atoms with Crippen LogP contribution in [0.3, 0.4) is 0 Å². The second-order valence-electron chi connectivity index (χ2n) is 6.35. The summed E-state index contributed by atoms with van der Waals surface area (Å²) >= 11 is 0. The lowest BCUT2D eigenvalue weighted by molar-refractivity contribution is -0.000106. The van der Waals surface area contributed by atoms with Gasteiger partial charge in [-0.25, -0.2) is 4.79 Å². The van der Waals surface area contributed by atoms with E-state index in [0.29, 0.717) is 12.5 Å². The predicted octanol–water partition coefficient (Wildman–Crippen LogP) is 0.421. The van der Waals surface area contributed by atoms with Crippen molar-refractivity contribution >= 4 is 17.1 Å². The second kappa shape index (κ2) is 8.30. The van der Waals surface area contributed by atoms with E-state index in [4.69, 9.17) is 4.74 Å². The lowest BCUT2D eigenvalue weighted by Crippen LogP contribution is -2.30. The lowest BCUT2D eigenvalue weighted by atomic mass is 10.3. The number of hydrogen-bond donors (Lipinski definition) is 3. The smallest absolute Gasteiger partial charge is 0.329 e. The van der Waals surface area contributed by atoms with Crippen molar-refractivity contribution < 1.29 is 9.84 Å². The van der Waals surface area contributed by atoms with Gasteiger partial charge in [0.1, 0.15) is 0 Å². The maximum absolute atomic E-state index is 12.3. The fourth-order valence-corrected chi connectivity index (χ4v) is 2.49. The first kappa shape index (κ1) is 19.2. The van der Waals surface area contributed by atoms with E-state index in [1.807, 2.05) is 13.8 Å². The number of hydrogen-bond acceptors (Lipinski definition) is 6. The van der Waals surface area contributed by atoms with Crippen molar-refractivity contribution in [2.75, 3.05) is 18.5 Å². The largest absolute Gasteiger partial charge is 0.389 e. The summed E-state index contributed by atoms with van der Waals surface area (Å²) in [6, 6.07) is 0. The summed E-state index contributed by atoms with van der Waals surface area (Å²) in [6.45, 7) is 6.82. The van der Waals surface area contributed by atoms with E-state index in [9.17, 15) is 14.7 Å². The third-order valence-electron chi connectivity index (χ3n) is 3.84. The molecule has 0 saturated carbocycles. The number of nitrogens with one attached hydrogen (secondary N) is 2. The molecule has 25 heavy (non-hydrogen) atoms. The van der Waals surface area contributed by atoms with E-state index in [0.717, 1.165) is 12.8 Å². The molecule has 140 valence electrons. The van der Waals surface area contributed by atoms with Crippen LogP contribution in [0.4, 0.5) is 5.95 Å². The molecule has 0 unspecified atom stereocenters. The molecule has 0 amide bonds. The third kappa shape index (κ3) is 4.49. The third-order valence-corrected chi connectivity index (χ3v) is 3.84. The number of aromatic nitrogens is 4. The number of aliphatic hydroxyl groups excluding tert-OH is 1. The first-order valence-electron chi connectivity index (χ1n) is 8.58. The maximum Gasteiger partial charge on any atom is 0.329 e. The van der Waals surface area contributed by atoms with E-state index in [2.05, 4.69) is 22.2 Å². The summed E-state index contributed by atoms with van der Waals surface area (Å²) in [5.41, 5.74) is -0.508. The zero-order valence-electron chi connectivity index (χ0n) is 15.2. The van der Waals surface area contributed by atoms with E-state index in [1.165, 1.54) is 4.57 Å². The number of aromatic amines is 1. The van der Waals surface area contributed by atoms with Crippen molar-refractivity contribution in [1.29, 1.82) is 0 Å². The van der Waals surface area contributed by atoms with Crippen LogP contribution in [-0.2, 0) is 18.3 Å². The average molecular weight is 353 g/mol. The standard InChI is InChI=1S/C16H27N5O4/c1-5-6-7-17-15-18-13-12(14(23)19-16(24)20(13)4)21(15)8-11(22)9-25-10(2)3/h10-11,22H,5-9H2,1-4H3,(H,17,18)(H,19,23,24)/t11-/m0/s1. The minimum Gasteiger partial charge on any atom is -0.389 e. The molecule has 0 aliphatic rings. The topological polar surface area (TPSA) is 114 Å². The Bertz CT molecular complexity index is 820. The molecule has 2 aromatic rings. The normalized spacial score (nSPS) is 12.9. The number of nitrogens with zero attached hydrogens (tertiary/aromatic N) is 3. The van der Waals surface area contributed by atoms with E-state index in [-0.39, 0.29) is 30.4 Å². The fourth-order valence-electron chi connectivity index (χ4n) is 2.49. The molecule has 0 bridgehead atoms. The van der Waals surface area contributed by atoms with Gasteiger partial charge in [-0.2, -0.15) is 4.98 Å². The van der Waals surface area contributed by atoms with Crippen LogP contribution >= 0.6 is 0 Å². The Morgan fingerprint density at radius 3 is 2.72 bits per heavy atom. The molecule has 2 aromatic heterocycles. The highest BCUT2D eigenvalue weighted by Gasteiger charge is 2.19. The number of anilines is 1. The molecule has 0 aromatic carbocycles. The average Bonchev–Trinajstić information content (AvgIpc) is 2.90. The Labute approximate surface area is 145 Å². The molecule has 1 atom stereocenters. The van der Waals surface area contributed by atoms with Gasteiger partial charge >= 0.3 is 5.69 Å². The number of fused-ring (bicyclic) bond motifs is 1. The Hall–Kier alpha value is -2.13. The van der Waals surface area contributed by atoms with Gasteiger partial charge in [-0.05, 0) is 20.3 Å². The van der Waals surface area contributed by atoms with E-state index in [1.54, 1.807) is 11.6 Å². The van der Waals surface area contributed by atoms with Crippen LogP contribution in [0.1, 0.15) is 33.6 Å². The molecular formula is C16H27N5O4. The Morgan fingerprint density at radius 1 is 1.36 bits per heavy atom. The summed E-state index contributed by atoms with van der Waals surface area (Å²) in [5.74, 6) is 0.457. The van der Waals surface area contributed by atoms with Crippen LogP contribution in [0.25, 0.3) is 11.2 Å². The quantitative estimate of drug-likeness (QED) is 0.563. The zero-order chi connectivity index (χ0) is 18.6. The van der Waals surface area contributed by atoms with Gasteiger partial charge in [0.2, 0.25) is 5.95 Å². The Balaban J connectivity index is 2.42. The van der Waals surface area contributed by atoms with Crippen LogP contribution in [0, 0.1) is 0 Å². The molecule has 2 heterocycles. The van der Waals surface area contributed by atoms with Crippen molar-refractivity contribution in [2.24, 2.45) is 7.05 Å². The number of aryl methyl sites for hydroxylation is 1. The molecule has 9 nitrogen and oxygen atoms in total. The molecule has 9 heteroatoms. The summed E-state index contributed by atoms with van der Waals surface area (Å²) in [7, 11) is 1.55. The highest BCUT2D eigenvalue weighted by molar-refractivity contribution is 5.74. The van der Waals surface area contributed by atoms with Gasteiger partial charge in [0.15, 0.2) is 11.2 Å². The van der Waals surface area contributed by atoms with Gasteiger partial charge in [0.25, 0.3) is 5.56 Å². The van der Waals surface area contributed by atoms with Gasteiger partial charge in [0, 0.05) is 13.6 Å². The fraction of sp³-hybridized carbons (Fsp3) is 0.688. The second-order valence-corrected chi connectivity index (χ2v) is 6.35. The first-order chi connectivity index (χ1) is 11.8. The van der Waals surface area contributed by atoms with Crippen LogP contribution in [-0.4, -0.2) is 49.6 Å². The van der Waals surface area contributed by atoms with Gasteiger partial charge < -0.3 is 19.7 Å². The molecule has 0 aliphatic heterocycles. The molecular weight excluding hydrogens is 326 g/mol. The first-order valence-corrected chi connectivity index (χ1v) is 8.58. The lowest BCUT2D eigenvalue weighted by Gasteiger charge is -2.16. The minimum absolute atomic E-state index is 0.000514. The number of imidazole rings is 1. The van der Waals surface area contributed by atoms with Crippen molar-refractivity contribution in [3.8, 4) is 0 Å². The van der Waals surface area contributed by atoms with Crippen LogP contribution in [0.5, 0.6) is 0 Å². The van der Waals surface area contributed by atoms with Crippen molar-refractivity contribution in [3.63, 3.8) is 0 Å². The molecule has 3 N–H and O–H groups in total. The van der Waals surface area contributed by atoms with Crippen molar-refractivity contribution in [2.45, 2.75) is 52.4 Å². The van der Waals surface area contributed by atoms with Crippen LogP contribution in [0.15, 0.2) is 9.59 Å². The summed E-state index contributed by atoms with van der Waals surface area (Å²) in [4.78, 5) is 30.8. The Kier molecular flexibility index (Phi) is 6.38. The predicted molar refractivity (Wildman–Crippen MR) is 96.1 cm³/mol. The summed E-state index contributed by atoms with van der Waals surface area (Å²) in [6.07, 6.45) is 1.15. The van der Waals surface area contributed by atoms with E-state index >= 15 is 0 Å². The minimum atomic E-state index is -0.803. The highest BCUT2D eigenvalue weighted by atomic mass is 16.5. The molecule has 0 aliphatic carbocycles. The van der Waals surface area contributed by atoms with Gasteiger partial charge in [-0.1, -0.05) is 13.3 Å². The summed E-state index contributed by atoms with van der Waals surface area (Å²) in [5, 5.41) is 13.4.